The van der Waals surface area contributed by atoms with Crippen molar-refractivity contribution in [2.24, 2.45) is 7.05 Å². The largest absolute Gasteiger partial charge is 0.496 e. The van der Waals surface area contributed by atoms with E-state index in [1.165, 1.54) is 24.1 Å². The summed E-state index contributed by atoms with van der Waals surface area (Å²) in [6.45, 7) is 2.50. The van der Waals surface area contributed by atoms with Crippen LogP contribution < -0.4 is 15.4 Å². The molecule has 2 aromatic rings. The van der Waals surface area contributed by atoms with Crippen LogP contribution in [0.15, 0.2) is 24.4 Å². The summed E-state index contributed by atoms with van der Waals surface area (Å²) in [6, 6.07) is 4.74. The van der Waals surface area contributed by atoms with Crippen LogP contribution in [0.3, 0.4) is 0 Å². The lowest BCUT2D eigenvalue weighted by Crippen LogP contribution is -2.27. The van der Waals surface area contributed by atoms with Gasteiger partial charge in [0.1, 0.15) is 11.4 Å². The van der Waals surface area contributed by atoms with E-state index in [0.717, 1.165) is 6.42 Å². The molecule has 8 heteroatoms. The van der Waals surface area contributed by atoms with Crippen molar-refractivity contribution in [1.82, 2.24) is 15.1 Å². The molecule has 0 radical (unpaired) electrons. The summed E-state index contributed by atoms with van der Waals surface area (Å²) >= 11 is 5.95. The van der Waals surface area contributed by atoms with Gasteiger partial charge in [0.2, 0.25) is 0 Å². The maximum Gasteiger partial charge on any atom is 0.271 e. The van der Waals surface area contributed by atoms with Crippen molar-refractivity contribution in [2.45, 2.75) is 13.3 Å². The predicted molar refractivity (Wildman–Crippen MR) is 91.8 cm³/mol. The van der Waals surface area contributed by atoms with Gasteiger partial charge < -0.3 is 15.4 Å². The minimum Gasteiger partial charge on any atom is -0.496 e. The Kier molecular flexibility index (Phi) is 5.81. The first-order valence-electron chi connectivity index (χ1n) is 7.43. The van der Waals surface area contributed by atoms with E-state index >= 15 is 0 Å². The van der Waals surface area contributed by atoms with Crippen LogP contribution in [0.4, 0.5) is 5.69 Å². The fourth-order valence-corrected chi connectivity index (χ4v) is 2.34. The van der Waals surface area contributed by atoms with Gasteiger partial charge in [-0.05, 0) is 24.6 Å². The number of rotatable bonds is 6. The van der Waals surface area contributed by atoms with Gasteiger partial charge in [-0.25, -0.2) is 0 Å². The number of methoxy groups -OCH3 is 1. The number of aromatic nitrogens is 2. The number of hydrogen-bond donors (Lipinski definition) is 2. The highest BCUT2D eigenvalue weighted by atomic mass is 35.5. The van der Waals surface area contributed by atoms with Gasteiger partial charge in [0.05, 0.1) is 24.6 Å². The average Bonchev–Trinajstić information content (AvgIpc) is 2.93. The van der Waals surface area contributed by atoms with Crippen molar-refractivity contribution in [3.8, 4) is 5.75 Å². The van der Waals surface area contributed by atoms with Crippen LogP contribution in [-0.2, 0) is 7.05 Å². The molecular weight excluding hydrogens is 332 g/mol. The number of nitrogens with zero attached hydrogens (tertiary/aromatic N) is 2. The van der Waals surface area contributed by atoms with E-state index in [0.29, 0.717) is 23.0 Å². The monoisotopic (exact) mass is 350 g/mol. The summed E-state index contributed by atoms with van der Waals surface area (Å²) in [6.07, 6.45) is 2.24. The first kappa shape index (κ1) is 17.8. The average molecular weight is 351 g/mol. The quantitative estimate of drug-likeness (QED) is 0.838. The van der Waals surface area contributed by atoms with Crippen LogP contribution in [0.1, 0.15) is 34.2 Å². The van der Waals surface area contributed by atoms with Gasteiger partial charge in [0, 0.05) is 18.6 Å². The van der Waals surface area contributed by atoms with Crippen molar-refractivity contribution in [1.29, 1.82) is 0 Å². The number of benzene rings is 1. The molecule has 0 aliphatic heterocycles. The Morgan fingerprint density at radius 1 is 1.33 bits per heavy atom. The summed E-state index contributed by atoms with van der Waals surface area (Å²) in [7, 11) is 3.10. The molecule has 0 aliphatic carbocycles. The Bertz CT molecular complexity index is 758. The Morgan fingerprint density at radius 2 is 2.08 bits per heavy atom. The lowest BCUT2D eigenvalue weighted by molar-refractivity contribution is 0.0945. The molecule has 0 spiro atoms. The third-order valence-electron chi connectivity index (χ3n) is 3.34. The molecule has 0 saturated carbocycles. The van der Waals surface area contributed by atoms with Gasteiger partial charge in [0.25, 0.3) is 11.8 Å². The number of carbonyl (C=O) groups is 2. The Morgan fingerprint density at radius 3 is 2.75 bits per heavy atom. The van der Waals surface area contributed by atoms with Crippen LogP contribution in [0.2, 0.25) is 5.02 Å². The number of anilines is 1. The molecule has 0 fully saturated rings. The lowest BCUT2D eigenvalue weighted by Gasteiger charge is -2.11. The Labute approximate surface area is 144 Å². The molecular formula is C16H19ClN4O3. The van der Waals surface area contributed by atoms with Crippen LogP contribution in [-0.4, -0.2) is 35.2 Å². The second-order valence-corrected chi connectivity index (χ2v) is 5.52. The van der Waals surface area contributed by atoms with E-state index in [2.05, 4.69) is 15.7 Å². The highest BCUT2D eigenvalue weighted by Crippen LogP contribution is 2.24. The van der Waals surface area contributed by atoms with Crippen molar-refractivity contribution in [2.75, 3.05) is 19.0 Å². The first-order valence-corrected chi connectivity index (χ1v) is 7.80. The molecule has 0 unspecified atom stereocenters. The molecule has 0 saturated heterocycles. The number of nitrogens with one attached hydrogen (secondary N) is 2. The highest BCUT2D eigenvalue weighted by molar-refractivity contribution is 6.31. The maximum absolute atomic E-state index is 12.5. The van der Waals surface area contributed by atoms with Crippen LogP contribution in [0.25, 0.3) is 0 Å². The molecule has 128 valence electrons. The molecule has 24 heavy (non-hydrogen) atoms. The Hall–Kier alpha value is -2.54. The molecule has 0 atom stereocenters. The summed E-state index contributed by atoms with van der Waals surface area (Å²) in [5.41, 5.74) is 0.865. The molecule has 7 nitrogen and oxygen atoms in total. The number of ether oxygens (including phenoxy) is 1. The number of halogens is 1. The summed E-state index contributed by atoms with van der Waals surface area (Å²) in [5, 5.41) is 9.90. The van der Waals surface area contributed by atoms with E-state index in [1.807, 2.05) is 6.92 Å². The maximum atomic E-state index is 12.5. The van der Waals surface area contributed by atoms with Crippen molar-refractivity contribution in [3.63, 3.8) is 0 Å². The normalized spacial score (nSPS) is 10.3. The van der Waals surface area contributed by atoms with Gasteiger partial charge in [-0.3, -0.25) is 14.3 Å². The van der Waals surface area contributed by atoms with Crippen molar-refractivity contribution in [3.05, 3.63) is 40.7 Å². The zero-order valence-electron chi connectivity index (χ0n) is 13.7. The van der Waals surface area contributed by atoms with E-state index in [9.17, 15) is 9.59 Å². The summed E-state index contributed by atoms with van der Waals surface area (Å²) < 4.78 is 6.59. The minimum absolute atomic E-state index is 0.272. The predicted octanol–water partition coefficient (Wildman–Crippen LogP) is 2.47. The number of carbonyl (C=O) groups excluding carboxylic acids is 2. The molecule has 2 rings (SSSR count). The van der Waals surface area contributed by atoms with Crippen molar-refractivity contribution < 1.29 is 14.3 Å². The zero-order valence-corrected chi connectivity index (χ0v) is 14.5. The lowest BCUT2D eigenvalue weighted by atomic mass is 10.2. The second-order valence-electron chi connectivity index (χ2n) is 5.09. The van der Waals surface area contributed by atoms with Crippen LogP contribution in [0.5, 0.6) is 5.75 Å². The second kappa shape index (κ2) is 7.83. The molecule has 0 aliphatic rings. The topological polar surface area (TPSA) is 85.2 Å². The van der Waals surface area contributed by atoms with Gasteiger partial charge in [-0.1, -0.05) is 18.5 Å². The molecule has 1 heterocycles. The van der Waals surface area contributed by atoms with Gasteiger partial charge >= 0.3 is 0 Å². The van der Waals surface area contributed by atoms with Gasteiger partial charge in [-0.2, -0.15) is 5.10 Å². The summed E-state index contributed by atoms with van der Waals surface area (Å²) in [4.78, 5) is 24.8. The first-order chi connectivity index (χ1) is 11.5. The van der Waals surface area contributed by atoms with E-state index in [4.69, 9.17) is 16.3 Å². The third-order valence-corrected chi connectivity index (χ3v) is 3.58. The molecule has 2 N–H and O–H groups in total. The number of hydrogen-bond acceptors (Lipinski definition) is 4. The van der Waals surface area contributed by atoms with Gasteiger partial charge in [-0.15, -0.1) is 0 Å². The molecule has 1 aromatic heterocycles. The smallest absolute Gasteiger partial charge is 0.271 e. The Balaban J connectivity index is 2.27. The fourth-order valence-electron chi connectivity index (χ4n) is 2.17. The molecule has 1 aromatic carbocycles. The highest BCUT2D eigenvalue weighted by Gasteiger charge is 2.20. The minimum atomic E-state index is -0.438. The van der Waals surface area contributed by atoms with Crippen LogP contribution in [0, 0.1) is 0 Å². The SMILES string of the molecule is CCCNC(=O)c1c(NC(=O)c2cc(Cl)ccc2OC)cnn1C. The summed E-state index contributed by atoms with van der Waals surface area (Å²) in [5.74, 6) is -0.352. The van der Waals surface area contributed by atoms with Gasteiger partial charge in [0.15, 0.2) is 0 Å². The molecule has 2 amide bonds. The van der Waals surface area contributed by atoms with Crippen molar-refractivity contribution >= 4 is 29.1 Å². The fraction of sp³-hybridized carbons (Fsp3) is 0.312. The standard InChI is InChI=1S/C16H19ClN4O3/c1-4-7-18-16(23)14-12(9-19-21(14)2)20-15(22)11-8-10(17)5-6-13(11)24-3/h5-6,8-9H,4,7H2,1-3H3,(H,18,23)(H,20,22). The molecule has 0 bridgehead atoms. The zero-order chi connectivity index (χ0) is 17.7. The number of aryl methyl sites for hydroxylation is 1. The van der Waals surface area contributed by atoms with E-state index < -0.39 is 5.91 Å². The van der Waals surface area contributed by atoms with E-state index in [-0.39, 0.29) is 17.2 Å². The van der Waals surface area contributed by atoms with Crippen LogP contribution >= 0.6 is 11.6 Å². The number of amides is 2. The van der Waals surface area contributed by atoms with E-state index in [1.54, 1.807) is 19.2 Å². The third kappa shape index (κ3) is 3.86.